The molecule has 0 saturated carbocycles. The molecule has 0 aliphatic carbocycles. The SMILES string of the molecule is NCc1cc(F)ccc1COc1ccccc1F. The summed E-state index contributed by atoms with van der Waals surface area (Å²) >= 11 is 0. The smallest absolute Gasteiger partial charge is 0.165 e. The Hall–Kier alpha value is -1.94. The molecule has 2 rings (SSSR count). The molecule has 2 aromatic carbocycles. The molecular weight excluding hydrogens is 236 g/mol. The third kappa shape index (κ3) is 2.84. The standard InChI is InChI=1S/C14H13F2NO/c15-12-6-5-10(11(7-12)8-17)9-18-14-4-2-1-3-13(14)16/h1-7H,8-9,17H2. The average molecular weight is 249 g/mol. The molecule has 0 aliphatic heterocycles. The number of nitrogens with two attached hydrogens (primary N) is 1. The number of ether oxygens (including phenoxy) is 1. The number of rotatable bonds is 4. The molecule has 2 nitrogen and oxygen atoms in total. The van der Waals surface area contributed by atoms with E-state index in [1.165, 1.54) is 18.2 Å². The Bertz CT molecular complexity index is 543. The Balaban J connectivity index is 2.13. The van der Waals surface area contributed by atoms with Crippen molar-refractivity contribution in [1.82, 2.24) is 0 Å². The molecule has 0 atom stereocenters. The lowest BCUT2D eigenvalue weighted by Crippen LogP contribution is -2.05. The van der Waals surface area contributed by atoms with Crippen molar-refractivity contribution in [2.45, 2.75) is 13.2 Å². The Kier molecular flexibility index (Phi) is 3.89. The Morgan fingerprint density at radius 2 is 1.78 bits per heavy atom. The highest BCUT2D eigenvalue weighted by Crippen LogP contribution is 2.18. The molecule has 0 fully saturated rings. The van der Waals surface area contributed by atoms with Crippen LogP contribution in [0.1, 0.15) is 11.1 Å². The van der Waals surface area contributed by atoms with E-state index >= 15 is 0 Å². The Labute approximate surface area is 104 Å². The van der Waals surface area contributed by atoms with Crippen molar-refractivity contribution in [1.29, 1.82) is 0 Å². The fourth-order valence-corrected chi connectivity index (χ4v) is 1.64. The first kappa shape index (κ1) is 12.5. The molecule has 0 aliphatic rings. The lowest BCUT2D eigenvalue weighted by molar-refractivity contribution is 0.289. The molecule has 0 bridgehead atoms. The summed E-state index contributed by atoms with van der Waals surface area (Å²) in [4.78, 5) is 0. The summed E-state index contributed by atoms with van der Waals surface area (Å²) in [5.41, 5.74) is 6.93. The zero-order chi connectivity index (χ0) is 13.0. The maximum Gasteiger partial charge on any atom is 0.165 e. The van der Waals surface area contributed by atoms with Crippen molar-refractivity contribution in [2.75, 3.05) is 0 Å². The van der Waals surface area contributed by atoms with E-state index in [-0.39, 0.29) is 24.7 Å². The highest BCUT2D eigenvalue weighted by atomic mass is 19.1. The van der Waals surface area contributed by atoms with Crippen LogP contribution in [0.2, 0.25) is 0 Å². The molecule has 2 N–H and O–H groups in total. The first-order valence-corrected chi connectivity index (χ1v) is 5.55. The Morgan fingerprint density at radius 1 is 1.00 bits per heavy atom. The minimum Gasteiger partial charge on any atom is -0.486 e. The van der Waals surface area contributed by atoms with E-state index in [2.05, 4.69) is 0 Å². The zero-order valence-corrected chi connectivity index (χ0v) is 9.70. The molecule has 2 aromatic rings. The lowest BCUT2D eigenvalue weighted by atomic mass is 10.1. The second kappa shape index (κ2) is 5.60. The van der Waals surface area contributed by atoms with E-state index in [0.717, 1.165) is 5.56 Å². The minimum absolute atomic E-state index is 0.160. The van der Waals surface area contributed by atoms with Gasteiger partial charge in [-0.05, 0) is 35.4 Å². The summed E-state index contributed by atoms with van der Waals surface area (Å²) in [7, 11) is 0. The highest BCUT2D eigenvalue weighted by molar-refractivity contribution is 5.29. The summed E-state index contributed by atoms with van der Waals surface area (Å²) in [5, 5.41) is 0. The number of para-hydroxylation sites is 1. The molecule has 0 spiro atoms. The summed E-state index contributed by atoms with van der Waals surface area (Å²) < 4.78 is 31.7. The van der Waals surface area contributed by atoms with Crippen molar-refractivity contribution in [3.8, 4) is 5.75 Å². The van der Waals surface area contributed by atoms with Gasteiger partial charge in [0.2, 0.25) is 0 Å². The molecule has 94 valence electrons. The molecule has 0 amide bonds. The third-order valence-electron chi connectivity index (χ3n) is 2.61. The topological polar surface area (TPSA) is 35.2 Å². The van der Waals surface area contributed by atoms with Crippen molar-refractivity contribution >= 4 is 0 Å². The molecule has 0 radical (unpaired) electrons. The lowest BCUT2D eigenvalue weighted by Gasteiger charge is -2.10. The summed E-state index contributed by atoms with van der Waals surface area (Å²) in [5.74, 6) is -0.594. The number of hydrogen-bond donors (Lipinski definition) is 1. The molecule has 0 heterocycles. The van der Waals surface area contributed by atoms with Crippen LogP contribution in [0.3, 0.4) is 0 Å². The molecular formula is C14H13F2NO. The monoisotopic (exact) mass is 249 g/mol. The zero-order valence-electron chi connectivity index (χ0n) is 9.70. The largest absolute Gasteiger partial charge is 0.486 e. The van der Waals surface area contributed by atoms with E-state index in [1.54, 1.807) is 24.3 Å². The predicted octanol–water partition coefficient (Wildman–Crippen LogP) is 3.00. The number of halogens is 2. The van der Waals surface area contributed by atoms with Crippen LogP contribution in [0.15, 0.2) is 42.5 Å². The summed E-state index contributed by atoms with van der Waals surface area (Å²) in [6.45, 7) is 0.376. The van der Waals surface area contributed by atoms with Crippen molar-refractivity contribution in [3.05, 3.63) is 65.2 Å². The van der Waals surface area contributed by atoms with Crippen LogP contribution in [0.4, 0.5) is 8.78 Å². The van der Waals surface area contributed by atoms with Gasteiger partial charge in [0.15, 0.2) is 11.6 Å². The van der Waals surface area contributed by atoms with Crippen molar-refractivity contribution in [3.63, 3.8) is 0 Å². The van der Waals surface area contributed by atoms with Gasteiger partial charge in [0.1, 0.15) is 12.4 Å². The van der Waals surface area contributed by atoms with Gasteiger partial charge < -0.3 is 10.5 Å². The van der Waals surface area contributed by atoms with Gasteiger partial charge in [-0.25, -0.2) is 8.78 Å². The Morgan fingerprint density at radius 3 is 2.50 bits per heavy atom. The second-order valence-electron chi connectivity index (χ2n) is 3.84. The van der Waals surface area contributed by atoms with Gasteiger partial charge in [-0.3, -0.25) is 0 Å². The molecule has 0 saturated heterocycles. The first-order chi connectivity index (χ1) is 8.70. The molecule has 0 aromatic heterocycles. The molecule has 18 heavy (non-hydrogen) atoms. The van der Waals surface area contributed by atoms with Gasteiger partial charge in [-0.1, -0.05) is 18.2 Å². The van der Waals surface area contributed by atoms with Crippen molar-refractivity contribution < 1.29 is 13.5 Å². The predicted molar refractivity (Wildman–Crippen MR) is 65.0 cm³/mol. The van der Waals surface area contributed by atoms with Crippen LogP contribution in [0.25, 0.3) is 0 Å². The van der Waals surface area contributed by atoms with Crippen LogP contribution in [-0.2, 0) is 13.2 Å². The van der Waals surface area contributed by atoms with Crippen LogP contribution in [0.5, 0.6) is 5.75 Å². The summed E-state index contributed by atoms with van der Waals surface area (Å²) in [6.07, 6.45) is 0. The quantitative estimate of drug-likeness (QED) is 0.904. The fraction of sp³-hybridized carbons (Fsp3) is 0.143. The van der Waals surface area contributed by atoms with E-state index < -0.39 is 5.82 Å². The second-order valence-corrected chi connectivity index (χ2v) is 3.84. The number of benzene rings is 2. The van der Waals surface area contributed by atoms with Gasteiger partial charge in [-0.2, -0.15) is 0 Å². The van der Waals surface area contributed by atoms with Gasteiger partial charge in [0, 0.05) is 6.54 Å². The van der Waals surface area contributed by atoms with Gasteiger partial charge in [0.25, 0.3) is 0 Å². The van der Waals surface area contributed by atoms with Gasteiger partial charge in [0.05, 0.1) is 0 Å². The van der Waals surface area contributed by atoms with Crippen LogP contribution >= 0.6 is 0 Å². The first-order valence-electron chi connectivity index (χ1n) is 5.55. The van der Waals surface area contributed by atoms with E-state index in [9.17, 15) is 8.78 Å². The number of hydrogen-bond acceptors (Lipinski definition) is 2. The third-order valence-corrected chi connectivity index (χ3v) is 2.61. The molecule has 4 heteroatoms. The van der Waals surface area contributed by atoms with E-state index in [4.69, 9.17) is 10.5 Å². The maximum atomic E-state index is 13.3. The minimum atomic E-state index is -0.422. The van der Waals surface area contributed by atoms with E-state index in [1.807, 2.05) is 0 Å². The average Bonchev–Trinajstić information content (AvgIpc) is 2.39. The summed E-state index contributed by atoms with van der Waals surface area (Å²) in [6, 6.07) is 10.4. The van der Waals surface area contributed by atoms with Crippen molar-refractivity contribution in [2.24, 2.45) is 5.73 Å². The highest BCUT2D eigenvalue weighted by Gasteiger charge is 2.06. The van der Waals surface area contributed by atoms with Crippen LogP contribution in [0, 0.1) is 11.6 Å². The van der Waals surface area contributed by atoms with Crippen LogP contribution in [-0.4, -0.2) is 0 Å². The van der Waals surface area contributed by atoms with Crippen LogP contribution < -0.4 is 10.5 Å². The fourth-order valence-electron chi connectivity index (χ4n) is 1.64. The molecule has 0 unspecified atom stereocenters. The van der Waals surface area contributed by atoms with E-state index in [0.29, 0.717) is 5.56 Å². The van der Waals surface area contributed by atoms with Gasteiger partial charge in [-0.15, -0.1) is 0 Å². The van der Waals surface area contributed by atoms with Gasteiger partial charge >= 0.3 is 0 Å². The normalized spacial score (nSPS) is 10.4. The maximum absolute atomic E-state index is 13.3.